The van der Waals surface area contributed by atoms with Gasteiger partial charge in [0.25, 0.3) is 0 Å². The van der Waals surface area contributed by atoms with Crippen molar-refractivity contribution >= 4 is 39.6 Å². The van der Waals surface area contributed by atoms with E-state index in [4.69, 9.17) is 12.2 Å². The molecule has 1 aliphatic rings. The predicted octanol–water partition coefficient (Wildman–Crippen LogP) is 4.84. The minimum Gasteiger partial charge on any atom is -0.493 e. The smallest absolute Gasteiger partial charge is 0.221 e. The number of azo groups is 1. The van der Waals surface area contributed by atoms with Gasteiger partial charge in [0.05, 0.1) is 12.2 Å². The Morgan fingerprint density at radius 2 is 1.62 bits per heavy atom. The summed E-state index contributed by atoms with van der Waals surface area (Å²) < 4.78 is 1.92. The molecule has 3 aromatic rings. The van der Waals surface area contributed by atoms with Crippen LogP contribution >= 0.6 is 12.2 Å². The van der Waals surface area contributed by atoms with E-state index in [1.54, 1.807) is 0 Å². The predicted molar refractivity (Wildman–Crippen MR) is 134 cm³/mol. The van der Waals surface area contributed by atoms with Gasteiger partial charge in [0.15, 0.2) is 5.69 Å². The van der Waals surface area contributed by atoms with Crippen LogP contribution < -0.4 is 4.90 Å². The number of hydrogen-bond acceptors (Lipinski definition) is 5. The number of aromatic hydroxyl groups is 1. The highest BCUT2D eigenvalue weighted by molar-refractivity contribution is 7.80. The van der Waals surface area contributed by atoms with E-state index >= 15 is 0 Å². The number of benzene rings is 2. The number of fused-ring (bicyclic) bond motifs is 1. The Balaban J connectivity index is 1.53. The van der Waals surface area contributed by atoms with Gasteiger partial charge in [-0.15, -0.1) is 10.2 Å². The second-order valence-electron chi connectivity index (χ2n) is 7.85. The largest absolute Gasteiger partial charge is 0.493 e. The van der Waals surface area contributed by atoms with Crippen molar-refractivity contribution in [3.05, 3.63) is 54.6 Å². The molecule has 1 fully saturated rings. The zero-order valence-corrected chi connectivity index (χ0v) is 19.5. The maximum absolute atomic E-state index is 11.1. The zero-order chi connectivity index (χ0) is 22.5. The van der Waals surface area contributed by atoms with Crippen LogP contribution in [0.2, 0.25) is 0 Å². The van der Waals surface area contributed by atoms with Crippen molar-refractivity contribution in [3.8, 4) is 5.88 Å². The minimum atomic E-state index is 0.128. The lowest BCUT2D eigenvalue weighted by Gasteiger charge is -2.36. The average molecular weight is 451 g/mol. The molecule has 0 amide bonds. The van der Waals surface area contributed by atoms with Crippen LogP contribution in [0.4, 0.5) is 11.4 Å². The highest BCUT2D eigenvalue weighted by Crippen LogP contribution is 2.39. The summed E-state index contributed by atoms with van der Waals surface area (Å²) in [6.07, 6.45) is 0. The molecule has 0 saturated carbocycles. The molecule has 0 bridgehead atoms. The molecule has 32 heavy (non-hydrogen) atoms. The van der Waals surface area contributed by atoms with Gasteiger partial charge in [-0.1, -0.05) is 36.4 Å². The third-order valence-electron chi connectivity index (χ3n) is 6.02. The van der Waals surface area contributed by atoms with Crippen LogP contribution in [0.3, 0.4) is 0 Å². The monoisotopic (exact) mass is 450 g/mol. The molecule has 1 N–H and O–H groups in total. The first-order valence-electron chi connectivity index (χ1n) is 11.2. The van der Waals surface area contributed by atoms with Crippen molar-refractivity contribution in [1.29, 1.82) is 0 Å². The molecule has 1 aliphatic heterocycles. The van der Waals surface area contributed by atoms with Crippen molar-refractivity contribution in [3.63, 3.8) is 0 Å². The first-order valence-corrected chi connectivity index (χ1v) is 11.6. The lowest BCUT2D eigenvalue weighted by Crippen LogP contribution is -2.46. The summed E-state index contributed by atoms with van der Waals surface area (Å²) in [5.41, 5.74) is 2.67. The first kappa shape index (κ1) is 22.2. The standard InChI is InChI=1S/C24H30N6OS/c1-3-28(4-2)24(32)26-25-22-20-12-8-9-13-21(20)30(23(22)31)18-27-14-16-29(17-15-27)19-10-6-5-7-11-19/h5-13,31H,3-4,14-18H2,1-2H3. The van der Waals surface area contributed by atoms with Crippen LogP contribution in [-0.4, -0.2) is 63.9 Å². The van der Waals surface area contributed by atoms with Crippen molar-refractivity contribution in [2.45, 2.75) is 20.5 Å². The Labute approximate surface area is 194 Å². The minimum absolute atomic E-state index is 0.128. The summed E-state index contributed by atoms with van der Waals surface area (Å²) in [4.78, 5) is 6.71. The van der Waals surface area contributed by atoms with Crippen LogP contribution in [-0.2, 0) is 6.67 Å². The van der Waals surface area contributed by atoms with Crippen LogP contribution in [0.15, 0.2) is 64.8 Å². The molecule has 2 heterocycles. The van der Waals surface area contributed by atoms with Gasteiger partial charge in [0.1, 0.15) is 0 Å². The van der Waals surface area contributed by atoms with E-state index < -0.39 is 0 Å². The van der Waals surface area contributed by atoms with E-state index in [1.807, 2.05) is 53.6 Å². The molecule has 0 aliphatic carbocycles. The maximum Gasteiger partial charge on any atom is 0.221 e. The Morgan fingerprint density at radius 1 is 0.969 bits per heavy atom. The van der Waals surface area contributed by atoms with Crippen LogP contribution in [0.1, 0.15) is 13.8 Å². The SMILES string of the molecule is CCN(CC)C(=S)N=Nc1c(O)n(CN2CCN(c3ccccc3)CC2)c2ccccc12. The Morgan fingerprint density at radius 3 is 2.31 bits per heavy atom. The number of aromatic nitrogens is 1. The summed E-state index contributed by atoms with van der Waals surface area (Å²) >= 11 is 5.39. The molecular weight excluding hydrogens is 420 g/mol. The number of nitrogens with zero attached hydrogens (tertiary/aromatic N) is 6. The van der Waals surface area contributed by atoms with Crippen LogP contribution in [0, 0.1) is 0 Å². The van der Waals surface area contributed by atoms with Crippen molar-refractivity contribution in [1.82, 2.24) is 14.4 Å². The molecule has 4 rings (SSSR count). The third kappa shape index (κ3) is 4.61. The second kappa shape index (κ2) is 10.1. The molecular formula is C24H30N6OS. The number of hydrogen-bond donors (Lipinski definition) is 1. The molecule has 168 valence electrons. The van der Waals surface area contributed by atoms with Crippen molar-refractivity contribution in [2.75, 3.05) is 44.2 Å². The molecule has 8 heteroatoms. The lowest BCUT2D eigenvalue weighted by molar-refractivity contribution is 0.200. The molecule has 0 spiro atoms. The van der Waals surface area contributed by atoms with Crippen molar-refractivity contribution in [2.24, 2.45) is 10.2 Å². The summed E-state index contributed by atoms with van der Waals surface area (Å²) in [6, 6.07) is 18.4. The summed E-state index contributed by atoms with van der Waals surface area (Å²) in [5.74, 6) is 0.128. The van der Waals surface area contributed by atoms with Gasteiger partial charge in [0.2, 0.25) is 11.0 Å². The van der Waals surface area contributed by atoms with Gasteiger partial charge in [-0.25, -0.2) is 0 Å². The van der Waals surface area contributed by atoms with E-state index in [2.05, 4.69) is 44.3 Å². The lowest BCUT2D eigenvalue weighted by atomic mass is 10.2. The normalized spacial score (nSPS) is 15.0. The van der Waals surface area contributed by atoms with E-state index in [-0.39, 0.29) is 5.88 Å². The van der Waals surface area contributed by atoms with Crippen molar-refractivity contribution < 1.29 is 5.11 Å². The number of piperazine rings is 1. The van der Waals surface area contributed by atoms with Gasteiger partial charge >= 0.3 is 0 Å². The summed E-state index contributed by atoms with van der Waals surface area (Å²) in [6.45, 7) is 9.97. The van der Waals surface area contributed by atoms with Crippen LogP contribution in [0.25, 0.3) is 10.9 Å². The van der Waals surface area contributed by atoms with Gasteiger partial charge in [-0.3, -0.25) is 9.47 Å². The molecule has 1 saturated heterocycles. The fourth-order valence-corrected chi connectivity index (χ4v) is 4.45. The fraction of sp³-hybridized carbons (Fsp3) is 0.375. The Bertz CT molecular complexity index is 1080. The van der Waals surface area contributed by atoms with Crippen LogP contribution in [0.5, 0.6) is 5.88 Å². The zero-order valence-electron chi connectivity index (χ0n) is 18.7. The first-order chi connectivity index (χ1) is 15.6. The second-order valence-corrected chi connectivity index (χ2v) is 8.22. The Hall–Kier alpha value is -2.97. The fourth-order valence-electron chi connectivity index (χ4n) is 4.15. The Kier molecular flexibility index (Phi) is 7.02. The average Bonchev–Trinajstić information content (AvgIpc) is 3.10. The molecule has 7 nitrogen and oxygen atoms in total. The highest BCUT2D eigenvalue weighted by Gasteiger charge is 2.22. The van der Waals surface area contributed by atoms with E-state index in [0.717, 1.165) is 50.2 Å². The molecule has 0 radical (unpaired) electrons. The number of para-hydroxylation sites is 2. The van der Waals surface area contributed by atoms with Gasteiger partial charge in [-0.05, 0) is 44.3 Å². The van der Waals surface area contributed by atoms with E-state index in [9.17, 15) is 5.11 Å². The molecule has 0 unspecified atom stereocenters. The third-order valence-corrected chi connectivity index (χ3v) is 6.36. The summed E-state index contributed by atoms with van der Waals surface area (Å²) in [5, 5.41) is 21.0. The number of rotatable bonds is 6. The molecule has 2 aromatic carbocycles. The highest BCUT2D eigenvalue weighted by atomic mass is 32.1. The quantitative estimate of drug-likeness (QED) is 0.430. The summed E-state index contributed by atoms with van der Waals surface area (Å²) in [7, 11) is 0. The number of anilines is 1. The van der Waals surface area contributed by atoms with E-state index in [1.165, 1.54) is 5.69 Å². The molecule has 1 aromatic heterocycles. The van der Waals surface area contributed by atoms with Gasteiger partial charge in [0, 0.05) is 50.3 Å². The number of thiocarbonyl (C=S) groups is 1. The maximum atomic E-state index is 11.1. The molecule has 0 atom stereocenters. The van der Waals surface area contributed by atoms with Gasteiger partial charge in [-0.2, -0.15) is 0 Å². The van der Waals surface area contributed by atoms with Gasteiger partial charge < -0.3 is 14.9 Å². The topological polar surface area (TPSA) is 59.6 Å². The van der Waals surface area contributed by atoms with E-state index in [0.29, 0.717) is 17.5 Å².